The van der Waals surface area contributed by atoms with Gasteiger partial charge in [0.2, 0.25) is 12.2 Å². The molecule has 4 aromatic rings. The molecule has 0 heterocycles. The Morgan fingerprint density at radius 1 is 0.500 bits per heavy atom. The number of aliphatic imine (C=N–C) groups is 2. The number of benzene rings is 4. The Hall–Kier alpha value is -6.06. The van der Waals surface area contributed by atoms with Gasteiger partial charge in [-0.25, -0.2) is 9.59 Å². The first-order valence-corrected chi connectivity index (χ1v) is 19.7. The number of carbonyl (C=O) groups is 2. The summed E-state index contributed by atoms with van der Waals surface area (Å²) in [7, 11) is 0. The van der Waals surface area contributed by atoms with Gasteiger partial charge >= 0.3 is 11.9 Å². The van der Waals surface area contributed by atoms with E-state index in [4.69, 9.17) is 50.3 Å². The molecule has 0 aliphatic carbocycles. The van der Waals surface area contributed by atoms with Crippen molar-refractivity contribution in [2.75, 3.05) is 52.9 Å². The number of ether oxygens (including phenoxy) is 2. The number of carboxylic acids is 2. The van der Waals surface area contributed by atoms with Crippen molar-refractivity contribution in [1.29, 1.82) is 0 Å². The molecule has 0 radical (unpaired) electrons. The number of hydrogen-bond acceptors (Lipinski definition) is 14. The predicted molar refractivity (Wildman–Crippen MR) is 233 cm³/mol. The van der Waals surface area contributed by atoms with Crippen LogP contribution in [0.2, 0.25) is 0 Å². The first-order chi connectivity index (χ1) is 29.8. The smallest absolute Gasteiger partial charge is 0.303 e. The van der Waals surface area contributed by atoms with Crippen molar-refractivity contribution >= 4 is 35.5 Å². The van der Waals surface area contributed by atoms with E-state index in [9.17, 15) is 19.2 Å². The summed E-state index contributed by atoms with van der Waals surface area (Å²) in [5.74, 6) is -0.228. The Morgan fingerprint density at radius 2 is 0.839 bits per heavy atom. The summed E-state index contributed by atoms with van der Waals surface area (Å²) in [5.41, 5.74) is 5.61. The monoisotopic (exact) mass is 864 g/mol. The molecule has 0 aliphatic heterocycles. The third-order valence-corrected chi connectivity index (χ3v) is 8.20. The Morgan fingerprint density at radius 3 is 1.10 bits per heavy atom. The van der Waals surface area contributed by atoms with Crippen molar-refractivity contribution in [3.8, 4) is 11.5 Å². The molecule has 4 rings (SSSR count). The second-order valence-corrected chi connectivity index (χ2v) is 13.3. The van der Waals surface area contributed by atoms with Crippen LogP contribution < -0.4 is 9.47 Å². The maximum atomic E-state index is 10.1. The number of carboxylic acid groups (broad SMARTS) is 2. The molecule has 0 saturated heterocycles. The predicted octanol–water partition coefficient (Wildman–Crippen LogP) is 5.40. The molecule has 0 aliphatic rings. The van der Waals surface area contributed by atoms with Gasteiger partial charge in [0, 0.05) is 31.5 Å². The molecule has 16 heteroatoms. The number of aliphatic carboxylic acids is 2. The van der Waals surface area contributed by atoms with Crippen LogP contribution in [-0.2, 0) is 31.0 Å². The fourth-order valence-corrected chi connectivity index (χ4v) is 4.92. The van der Waals surface area contributed by atoms with Crippen LogP contribution in [0.3, 0.4) is 0 Å². The fourth-order valence-electron chi connectivity index (χ4n) is 4.92. The zero-order valence-corrected chi connectivity index (χ0v) is 35.3. The number of hydrogen-bond donors (Lipinski definition) is 8. The molecule has 0 unspecified atom stereocenters. The van der Waals surface area contributed by atoms with Gasteiger partial charge in [0.1, 0.15) is 24.7 Å². The van der Waals surface area contributed by atoms with E-state index < -0.39 is 11.9 Å². The summed E-state index contributed by atoms with van der Waals surface area (Å²) in [6, 6.07) is 30.6. The van der Waals surface area contributed by atoms with Crippen LogP contribution in [0, 0.1) is 0 Å². The molecule has 8 N–H and O–H groups in total. The largest absolute Gasteiger partial charge is 0.491 e. The fraction of sp³-hybridized carbons (Fsp3) is 0.391. The van der Waals surface area contributed by atoms with Crippen molar-refractivity contribution in [2.45, 2.75) is 64.2 Å². The SMILES string of the molecule is CC(C)(c1ccc(OCCO)cc1)c1ccc(OCCO)cc1.O=C(O)CCCCC(=O)O.O=C=Nc1ccc(Cc2ccc(N=C=O)cc2)cc1.OCCCCO.OCCO. The topological polar surface area (TPSA) is 273 Å². The van der Waals surface area contributed by atoms with Crippen molar-refractivity contribution < 1.29 is 69.5 Å². The van der Waals surface area contributed by atoms with E-state index >= 15 is 0 Å². The minimum Gasteiger partial charge on any atom is -0.491 e. The normalized spacial score (nSPS) is 9.87. The molecular weight excluding hydrogens is 805 g/mol. The van der Waals surface area contributed by atoms with Gasteiger partial charge in [-0.05, 0) is 103 Å². The second-order valence-electron chi connectivity index (χ2n) is 13.3. The molecule has 16 nitrogen and oxygen atoms in total. The quantitative estimate of drug-likeness (QED) is 0.0296. The maximum absolute atomic E-state index is 10.1. The van der Waals surface area contributed by atoms with E-state index in [1.165, 1.54) is 23.3 Å². The highest BCUT2D eigenvalue weighted by Crippen LogP contribution is 2.33. The van der Waals surface area contributed by atoms with Gasteiger partial charge in [0.15, 0.2) is 0 Å². The van der Waals surface area contributed by atoms with E-state index in [-0.39, 0.29) is 57.9 Å². The lowest BCUT2D eigenvalue weighted by molar-refractivity contribution is -0.139. The second kappa shape index (κ2) is 35.7. The highest BCUT2D eigenvalue weighted by Gasteiger charge is 2.23. The number of isocyanates is 2. The van der Waals surface area contributed by atoms with E-state index in [0.717, 1.165) is 41.9 Å². The standard InChI is InChI=1S/C19H24O4.C15H10N2O2.C6H10O4.C4H10O2.C2H6O2/c1-19(2,15-3-7-17(8-4-15)22-13-11-20)16-5-9-18(10-6-16)23-14-12-21;18-10-16-14-5-1-12(2-6-14)9-13-3-7-15(8-4-13)17-11-19;7-5(8)3-1-2-4-6(9)10;5-3-1-2-4-6;3-1-2-4/h3-10,20-21H,11-14H2,1-2H3;1-8H,9H2;1-4H2,(H,7,8)(H,9,10);5-6H,1-4H2;3-4H,1-2H2. The molecule has 0 amide bonds. The van der Waals surface area contributed by atoms with Gasteiger partial charge in [-0.2, -0.15) is 9.98 Å². The lowest BCUT2D eigenvalue weighted by atomic mass is 9.78. The summed E-state index contributed by atoms with van der Waals surface area (Å²) in [6.45, 7) is 5.10. The van der Waals surface area contributed by atoms with Gasteiger partial charge in [0.05, 0.1) is 37.8 Å². The number of carbonyl (C=O) groups excluding carboxylic acids is 2. The van der Waals surface area contributed by atoms with Gasteiger partial charge < -0.3 is 50.3 Å². The number of aliphatic hydroxyl groups is 6. The van der Waals surface area contributed by atoms with Crippen molar-refractivity contribution in [1.82, 2.24) is 0 Å². The van der Waals surface area contributed by atoms with Crippen LogP contribution in [0.5, 0.6) is 11.5 Å². The number of nitrogens with zero attached hydrogens (tertiary/aromatic N) is 2. The molecule has 0 atom stereocenters. The van der Waals surface area contributed by atoms with E-state index in [2.05, 4.69) is 23.8 Å². The highest BCUT2D eigenvalue weighted by atomic mass is 16.5. The van der Waals surface area contributed by atoms with Crippen molar-refractivity contribution in [2.24, 2.45) is 9.98 Å². The molecule has 0 aromatic heterocycles. The highest BCUT2D eigenvalue weighted by molar-refractivity contribution is 5.68. The van der Waals surface area contributed by atoms with Crippen LogP contribution >= 0.6 is 0 Å². The molecule has 0 fully saturated rings. The zero-order valence-electron chi connectivity index (χ0n) is 35.3. The molecule has 62 heavy (non-hydrogen) atoms. The Bertz CT molecular complexity index is 1720. The number of rotatable bonds is 21. The minimum absolute atomic E-state index is 0.0119. The van der Waals surface area contributed by atoms with Crippen LogP contribution in [-0.4, -0.2) is 118 Å². The molecule has 4 aromatic carbocycles. The molecule has 0 spiro atoms. The summed E-state index contributed by atoms with van der Waals surface area (Å²) < 4.78 is 10.8. The van der Waals surface area contributed by atoms with Crippen LogP contribution in [0.1, 0.15) is 74.6 Å². The Labute approximate surface area is 362 Å². The van der Waals surface area contributed by atoms with E-state index in [0.29, 0.717) is 37.4 Å². The van der Waals surface area contributed by atoms with Crippen molar-refractivity contribution in [3.05, 3.63) is 119 Å². The number of aliphatic hydroxyl groups excluding tert-OH is 6. The van der Waals surface area contributed by atoms with Crippen LogP contribution in [0.4, 0.5) is 11.4 Å². The van der Waals surface area contributed by atoms with Crippen LogP contribution in [0.15, 0.2) is 107 Å². The average Bonchev–Trinajstić information content (AvgIpc) is 3.28. The summed E-state index contributed by atoms with van der Waals surface area (Å²) >= 11 is 0. The number of unbranched alkanes of at least 4 members (excludes halogenated alkanes) is 2. The first-order valence-electron chi connectivity index (χ1n) is 19.7. The third-order valence-electron chi connectivity index (χ3n) is 8.20. The summed E-state index contributed by atoms with van der Waals surface area (Å²) in [6.07, 6.45) is 6.22. The molecule has 0 bridgehead atoms. The molecule has 338 valence electrons. The van der Waals surface area contributed by atoms with Gasteiger partial charge in [-0.15, -0.1) is 0 Å². The lowest BCUT2D eigenvalue weighted by Gasteiger charge is -2.26. The first kappa shape index (κ1) is 55.9. The lowest BCUT2D eigenvalue weighted by Crippen LogP contribution is -2.18. The van der Waals surface area contributed by atoms with Crippen molar-refractivity contribution in [3.63, 3.8) is 0 Å². The van der Waals surface area contributed by atoms with E-state index in [1.54, 1.807) is 24.3 Å². The third kappa shape index (κ3) is 26.9. The maximum Gasteiger partial charge on any atom is 0.303 e. The molecule has 0 saturated carbocycles. The summed E-state index contributed by atoms with van der Waals surface area (Å²) in [5, 5.41) is 65.3. The zero-order chi connectivity index (χ0) is 46.4. The molecular formula is C46H60N2O14. The Balaban J connectivity index is 0.000000851. The average molecular weight is 865 g/mol. The van der Waals surface area contributed by atoms with E-state index in [1.807, 2.05) is 72.8 Å². The van der Waals surface area contributed by atoms with Gasteiger partial charge in [0.25, 0.3) is 0 Å². The van der Waals surface area contributed by atoms with Gasteiger partial charge in [-0.3, -0.25) is 9.59 Å². The van der Waals surface area contributed by atoms with Gasteiger partial charge in [-0.1, -0.05) is 62.4 Å². The minimum atomic E-state index is -0.870. The van der Waals surface area contributed by atoms with Crippen LogP contribution in [0.25, 0.3) is 0 Å². The Kier molecular flexibility index (Phi) is 32.2. The summed E-state index contributed by atoms with van der Waals surface area (Å²) in [4.78, 5) is 47.1.